The Bertz CT molecular complexity index is 568. The van der Waals surface area contributed by atoms with E-state index in [0.717, 1.165) is 43.5 Å². The van der Waals surface area contributed by atoms with E-state index in [1.54, 1.807) is 11.8 Å². The predicted molar refractivity (Wildman–Crippen MR) is 89.6 cm³/mol. The Balaban J connectivity index is 2.08. The quantitative estimate of drug-likeness (QED) is 0.589. The maximum absolute atomic E-state index is 5.40. The summed E-state index contributed by atoms with van der Waals surface area (Å²) in [4.78, 5) is 5.80. The fraction of sp³-hybridized carbons (Fsp3) is 0.438. The van der Waals surface area contributed by atoms with E-state index in [-0.39, 0.29) is 0 Å². The van der Waals surface area contributed by atoms with Crippen molar-refractivity contribution in [1.82, 2.24) is 9.55 Å². The van der Waals surface area contributed by atoms with Gasteiger partial charge in [-0.2, -0.15) is 0 Å². The van der Waals surface area contributed by atoms with Gasteiger partial charge in [-0.25, -0.2) is 4.98 Å². The van der Waals surface area contributed by atoms with Crippen molar-refractivity contribution in [3.05, 3.63) is 36.2 Å². The lowest BCUT2D eigenvalue weighted by molar-refractivity contribution is 0.142. The number of para-hydroxylation sites is 1. The smallest absolute Gasteiger partial charge is 0.207 e. The molecule has 21 heavy (non-hydrogen) atoms. The number of nitrogens with one attached hydrogen (secondary N) is 1. The molecule has 0 atom stereocenters. The highest BCUT2D eigenvalue weighted by Crippen LogP contribution is 2.27. The van der Waals surface area contributed by atoms with E-state index in [2.05, 4.69) is 45.5 Å². The minimum Gasteiger partial charge on any atom is -0.382 e. The molecule has 0 unspecified atom stereocenters. The molecule has 0 aliphatic heterocycles. The number of aromatic nitrogens is 2. The van der Waals surface area contributed by atoms with Gasteiger partial charge in [0.1, 0.15) is 0 Å². The Labute approximate surface area is 130 Å². The molecule has 1 aromatic heterocycles. The van der Waals surface area contributed by atoms with Crippen LogP contribution in [0.4, 0.5) is 11.6 Å². The fourth-order valence-corrected chi connectivity index (χ4v) is 2.72. The molecule has 0 aliphatic carbocycles. The van der Waals surface area contributed by atoms with Crippen LogP contribution in [0.1, 0.15) is 19.0 Å². The van der Waals surface area contributed by atoms with Crippen molar-refractivity contribution in [2.24, 2.45) is 0 Å². The maximum Gasteiger partial charge on any atom is 0.207 e. The number of thioether (sulfide) groups is 1. The van der Waals surface area contributed by atoms with Gasteiger partial charge in [0.25, 0.3) is 0 Å². The number of ether oxygens (including phenoxy) is 1. The van der Waals surface area contributed by atoms with Gasteiger partial charge in [-0.1, -0.05) is 12.1 Å². The van der Waals surface area contributed by atoms with E-state index in [0.29, 0.717) is 0 Å². The highest BCUT2D eigenvalue weighted by Gasteiger charge is 2.08. The van der Waals surface area contributed by atoms with Gasteiger partial charge >= 0.3 is 0 Å². The summed E-state index contributed by atoms with van der Waals surface area (Å²) in [5, 5.41) is 3.44. The number of aryl methyl sites for hydroxylation is 2. The van der Waals surface area contributed by atoms with Crippen LogP contribution < -0.4 is 5.32 Å². The number of benzene rings is 1. The summed E-state index contributed by atoms with van der Waals surface area (Å²) in [5.41, 5.74) is 2.12. The van der Waals surface area contributed by atoms with Crippen molar-refractivity contribution in [3.63, 3.8) is 0 Å². The molecular weight excluding hydrogens is 282 g/mol. The van der Waals surface area contributed by atoms with Crippen LogP contribution in [-0.2, 0) is 11.3 Å². The van der Waals surface area contributed by atoms with Crippen LogP contribution in [0.2, 0.25) is 0 Å². The van der Waals surface area contributed by atoms with Crippen LogP contribution in [0.15, 0.2) is 35.4 Å². The summed E-state index contributed by atoms with van der Waals surface area (Å²) in [6, 6.07) is 8.29. The third-order valence-electron chi connectivity index (χ3n) is 3.14. The van der Waals surface area contributed by atoms with E-state index >= 15 is 0 Å². The zero-order valence-corrected chi connectivity index (χ0v) is 13.7. The third kappa shape index (κ3) is 4.51. The van der Waals surface area contributed by atoms with Crippen molar-refractivity contribution in [2.45, 2.75) is 31.7 Å². The Morgan fingerprint density at radius 2 is 2.14 bits per heavy atom. The van der Waals surface area contributed by atoms with E-state index in [1.165, 1.54) is 4.90 Å². The van der Waals surface area contributed by atoms with E-state index in [9.17, 15) is 0 Å². The largest absolute Gasteiger partial charge is 0.382 e. The van der Waals surface area contributed by atoms with Gasteiger partial charge in [-0.05, 0) is 38.7 Å². The summed E-state index contributed by atoms with van der Waals surface area (Å²) in [7, 11) is 0. The highest BCUT2D eigenvalue weighted by atomic mass is 32.2. The number of rotatable bonds is 8. The van der Waals surface area contributed by atoms with Crippen LogP contribution in [-0.4, -0.2) is 29.0 Å². The molecule has 1 N–H and O–H groups in total. The van der Waals surface area contributed by atoms with E-state index in [4.69, 9.17) is 4.74 Å². The Kier molecular flexibility index (Phi) is 6.14. The first-order valence-corrected chi connectivity index (χ1v) is 8.48. The second kappa shape index (κ2) is 8.10. The summed E-state index contributed by atoms with van der Waals surface area (Å²) in [6.07, 6.45) is 5.15. The molecule has 0 fully saturated rings. The van der Waals surface area contributed by atoms with Gasteiger partial charge in [0.2, 0.25) is 5.95 Å². The molecular formula is C16H23N3OS. The molecule has 4 nitrogen and oxygen atoms in total. The van der Waals surface area contributed by atoms with Gasteiger partial charge in [0.15, 0.2) is 0 Å². The lowest BCUT2D eigenvalue weighted by Gasteiger charge is -2.12. The number of hydrogen-bond acceptors (Lipinski definition) is 4. The molecule has 114 valence electrons. The third-order valence-corrected chi connectivity index (χ3v) is 3.94. The molecule has 0 bridgehead atoms. The standard InChI is InChI=1S/C16H23N3OS/c1-4-20-11-7-10-19-12-13(2)17-16(19)18-14-8-5-6-9-15(14)21-3/h5-6,8-9,12H,4,7,10-11H2,1-3H3,(H,17,18). The first-order valence-electron chi connectivity index (χ1n) is 7.26. The molecule has 0 spiro atoms. The van der Waals surface area contributed by atoms with Gasteiger partial charge in [0, 0.05) is 30.9 Å². The summed E-state index contributed by atoms with van der Waals surface area (Å²) in [6.45, 7) is 6.51. The van der Waals surface area contributed by atoms with Crippen molar-refractivity contribution < 1.29 is 4.74 Å². The first kappa shape index (κ1) is 15.9. The SMILES string of the molecule is CCOCCCn1cc(C)nc1Nc1ccccc1SC. The average Bonchev–Trinajstić information content (AvgIpc) is 2.84. The molecule has 1 aromatic carbocycles. The molecule has 2 aromatic rings. The second-order valence-corrected chi connectivity index (χ2v) is 5.62. The number of anilines is 2. The fourth-order valence-electron chi connectivity index (χ4n) is 2.17. The lowest BCUT2D eigenvalue weighted by Crippen LogP contribution is -2.06. The van der Waals surface area contributed by atoms with Crippen molar-refractivity contribution in [3.8, 4) is 0 Å². The van der Waals surface area contributed by atoms with Crippen molar-refractivity contribution in [2.75, 3.05) is 24.8 Å². The molecule has 0 radical (unpaired) electrons. The minimum absolute atomic E-state index is 0.773. The van der Waals surface area contributed by atoms with Gasteiger partial charge in [-0.15, -0.1) is 11.8 Å². The van der Waals surface area contributed by atoms with Crippen LogP contribution >= 0.6 is 11.8 Å². The number of nitrogens with zero attached hydrogens (tertiary/aromatic N) is 2. The van der Waals surface area contributed by atoms with Crippen LogP contribution in [0, 0.1) is 6.92 Å². The van der Waals surface area contributed by atoms with Crippen molar-refractivity contribution >= 4 is 23.4 Å². The topological polar surface area (TPSA) is 39.1 Å². The Morgan fingerprint density at radius 1 is 1.33 bits per heavy atom. The van der Waals surface area contributed by atoms with E-state index < -0.39 is 0 Å². The minimum atomic E-state index is 0.773. The van der Waals surface area contributed by atoms with Gasteiger partial charge < -0.3 is 14.6 Å². The van der Waals surface area contributed by atoms with E-state index in [1.807, 2.05) is 19.9 Å². The molecule has 0 saturated heterocycles. The monoisotopic (exact) mass is 305 g/mol. The molecule has 0 aliphatic rings. The first-order chi connectivity index (χ1) is 10.2. The average molecular weight is 305 g/mol. The Morgan fingerprint density at radius 3 is 2.90 bits per heavy atom. The zero-order chi connectivity index (χ0) is 15.1. The van der Waals surface area contributed by atoms with Gasteiger partial charge in [0.05, 0.1) is 11.4 Å². The summed E-state index contributed by atoms with van der Waals surface area (Å²) in [5.74, 6) is 0.894. The number of hydrogen-bond donors (Lipinski definition) is 1. The van der Waals surface area contributed by atoms with Crippen molar-refractivity contribution in [1.29, 1.82) is 0 Å². The number of imidazole rings is 1. The molecule has 0 saturated carbocycles. The Hall–Kier alpha value is -1.46. The van der Waals surface area contributed by atoms with Gasteiger partial charge in [-0.3, -0.25) is 0 Å². The maximum atomic E-state index is 5.40. The normalized spacial score (nSPS) is 10.8. The highest BCUT2D eigenvalue weighted by molar-refractivity contribution is 7.98. The molecule has 0 amide bonds. The second-order valence-electron chi connectivity index (χ2n) is 4.78. The zero-order valence-electron chi connectivity index (χ0n) is 12.9. The molecule has 2 rings (SSSR count). The van der Waals surface area contributed by atoms with Crippen LogP contribution in [0.5, 0.6) is 0 Å². The predicted octanol–water partition coefficient (Wildman–Crippen LogP) is 4.08. The van der Waals surface area contributed by atoms with Crippen LogP contribution in [0.3, 0.4) is 0 Å². The lowest BCUT2D eigenvalue weighted by atomic mass is 10.3. The summed E-state index contributed by atoms with van der Waals surface area (Å²) < 4.78 is 7.56. The summed E-state index contributed by atoms with van der Waals surface area (Å²) >= 11 is 1.73. The molecule has 5 heteroatoms. The van der Waals surface area contributed by atoms with Crippen LogP contribution in [0.25, 0.3) is 0 Å². The molecule has 1 heterocycles.